The summed E-state index contributed by atoms with van der Waals surface area (Å²) in [5, 5.41) is 0. The molecule has 0 aliphatic heterocycles. The highest BCUT2D eigenvalue weighted by molar-refractivity contribution is 14.1. The molecule has 2 aromatic carbocycles. The molecule has 0 aromatic heterocycles. The molecule has 2 rings (SSSR count). The smallest absolute Gasteiger partial charge is 0.130 e. The van der Waals surface area contributed by atoms with Crippen LogP contribution in [0.15, 0.2) is 42.5 Å². The Morgan fingerprint density at radius 1 is 1.18 bits per heavy atom. The third-order valence-corrected chi connectivity index (χ3v) is 3.13. The van der Waals surface area contributed by atoms with Gasteiger partial charge in [0.2, 0.25) is 0 Å². The van der Waals surface area contributed by atoms with Crippen molar-refractivity contribution in [2.24, 2.45) is 0 Å². The first-order valence-corrected chi connectivity index (χ1v) is 6.68. The lowest BCUT2D eigenvalue weighted by atomic mass is 10.0. The van der Waals surface area contributed by atoms with Gasteiger partial charge in [0.25, 0.3) is 0 Å². The molecule has 0 heterocycles. The van der Waals surface area contributed by atoms with Crippen LogP contribution in [0.3, 0.4) is 0 Å². The standard InChI is InChI=1S/C15H14IO/c1-11(2)14-8-3-4-9-15(14)17-13-7-5-6-12(16)10-13/h3-5,7-11H,1-2H3. The predicted octanol–water partition coefficient (Wildman–Crippen LogP) is 5.01. The lowest BCUT2D eigenvalue weighted by Crippen LogP contribution is -1.93. The van der Waals surface area contributed by atoms with Gasteiger partial charge in [-0.05, 0) is 64.4 Å². The third kappa shape index (κ3) is 3.22. The van der Waals surface area contributed by atoms with Crippen molar-refractivity contribution in [2.75, 3.05) is 0 Å². The van der Waals surface area contributed by atoms with E-state index in [1.165, 1.54) is 5.56 Å². The molecule has 0 aliphatic rings. The Labute approximate surface area is 116 Å². The average Bonchev–Trinajstić information content (AvgIpc) is 2.29. The summed E-state index contributed by atoms with van der Waals surface area (Å²) in [5.41, 5.74) is 1.23. The Balaban J connectivity index is 2.30. The minimum absolute atomic E-state index is 0.459. The van der Waals surface area contributed by atoms with Crippen molar-refractivity contribution in [1.82, 2.24) is 0 Å². The molecule has 0 N–H and O–H groups in total. The van der Waals surface area contributed by atoms with Gasteiger partial charge in [0.05, 0.1) is 0 Å². The van der Waals surface area contributed by atoms with Crippen molar-refractivity contribution in [3.63, 3.8) is 0 Å². The van der Waals surface area contributed by atoms with Gasteiger partial charge in [-0.1, -0.05) is 32.0 Å². The second kappa shape index (κ2) is 5.54. The molecule has 2 aromatic rings. The van der Waals surface area contributed by atoms with Crippen molar-refractivity contribution in [3.05, 3.63) is 57.7 Å². The first-order valence-electron chi connectivity index (χ1n) is 5.61. The van der Waals surface area contributed by atoms with Crippen molar-refractivity contribution < 1.29 is 4.74 Å². The Kier molecular flexibility index (Phi) is 4.05. The molecular formula is C15H14IO. The Hall–Kier alpha value is -1.03. The fourth-order valence-electron chi connectivity index (χ4n) is 1.66. The Bertz CT molecular complexity index is 506. The Morgan fingerprint density at radius 3 is 2.65 bits per heavy atom. The van der Waals surface area contributed by atoms with Gasteiger partial charge in [0.1, 0.15) is 11.5 Å². The number of rotatable bonds is 3. The minimum atomic E-state index is 0.459. The SMILES string of the molecule is CC(C)c1ccccc1Oc1cc[c]c(I)c1. The summed E-state index contributed by atoms with van der Waals surface area (Å²) in [5.74, 6) is 2.26. The molecule has 0 saturated carbocycles. The summed E-state index contributed by atoms with van der Waals surface area (Å²) in [6.07, 6.45) is 0. The minimum Gasteiger partial charge on any atom is -0.457 e. The maximum atomic E-state index is 5.93. The van der Waals surface area contributed by atoms with E-state index in [1.54, 1.807) is 0 Å². The van der Waals surface area contributed by atoms with E-state index in [2.05, 4.69) is 48.6 Å². The van der Waals surface area contributed by atoms with Crippen LogP contribution in [0, 0.1) is 9.64 Å². The zero-order valence-corrected chi connectivity index (χ0v) is 12.1. The van der Waals surface area contributed by atoms with Crippen molar-refractivity contribution in [2.45, 2.75) is 19.8 Å². The van der Waals surface area contributed by atoms with Gasteiger partial charge in [0, 0.05) is 3.57 Å². The second-order valence-electron chi connectivity index (χ2n) is 4.17. The third-order valence-electron chi connectivity index (χ3n) is 2.51. The van der Waals surface area contributed by atoms with Crippen LogP contribution in [0.2, 0.25) is 0 Å². The molecule has 0 atom stereocenters. The van der Waals surface area contributed by atoms with Crippen LogP contribution < -0.4 is 4.74 Å². The zero-order chi connectivity index (χ0) is 12.3. The molecule has 87 valence electrons. The maximum absolute atomic E-state index is 5.93. The topological polar surface area (TPSA) is 9.23 Å². The molecule has 0 unspecified atom stereocenters. The molecule has 0 spiro atoms. The van der Waals surface area contributed by atoms with E-state index < -0.39 is 0 Å². The molecular weight excluding hydrogens is 323 g/mol. The van der Waals surface area contributed by atoms with Gasteiger partial charge in [0.15, 0.2) is 0 Å². The first-order chi connectivity index (χ1) is 8.16. The van der Waals surface area contributed by atoms with Gasteiger partial charge in [-0.15, -0.1) is 0 Å². The van der Waals surface area contributed by atoms with Crippen molar-refractivity contribution in [1.29, 1.82) is 0 Å². The van der Waals surface area contributed by atoms with Gasteiger partial charge in [-0.3, -0.25) is 0 Å². The summed E-state index contributed by atoms with van der Waals surface area (Å²) in [7, 11) is 0. The summed E-state index contributed by atoms with van der Waals surface area (Å²) >= 11 is 2.23. The summed E-state index contributed by atoms with van der Waals surface area (Å²) in [4.78, 5) is 0. The number of hydrogen-bond acceptors (Lipinski definition) is 1. The van der Waals surface area contributed by atoms with Crippen LogP contribution in [0.25, 0.3) is 0 Å². The fraction of sp³-hybridized carbons (Fsp3) is 0.200. The summed E-state index contributed by atoms with van der Waals surface area (Å²) in [6.45, 7) is 4.34. The Morgan fingerprint density at radius 2 is 1.94 bits per heavy atom. The van der Waals surface area contributed by atoms with Gasteiger partial charge < -0.3 is 4.74 Å². The predicted molar refractivity (Wildman–Crippen MR) is 78.6 cm³/mol. The molecule has 0 saturated heterocycles. The highest BCUT2D eigenvalue weighted by Gasteiger charge is 2.07. The van der Waals surface area contributed by atoms with Crippen LogP contribution in [-0.4, -0.2) is 0 Å². The van der Waals surface area contributed by atoms with Crippen LogP contribution in [0.1, 0.15) is 25.3 Å². The maximum Gasteiger partial charge on any atom is 0.130 e. The van der Waals surface area contributed by atoms with E-state index in [0.29, 0.717) is 5.92 Å². The van der Waals surface area contributed by atoms with E-state index >= 15 is 0 Å². The molecule has 1 nitrogen and oxygen atoms in total. The number of benzene rings is 2. The quantitative estimate of drug-likeness (QED) is 0.716. The fourth-order valence-corrected chi connectivity index (χ4v) is 2.15. The van der Waals surface area contributed by atoms with E-state index in [-0.39, 0.29) is 0 Å². The van der Waals surface area contributed by atoms with Crippen LogP contribution >= 0.6 is 22.6 Å². The van der Waals surface area contributed by atoms with Crippen LogP contribution in [0.4, 0.5) is 0 Å². The lowest BCUT2D eigenvalue weighted by Gasteiger charge is -2.13. The van der Waals surface area contributed by atoms with Crippen LogP contribution in [0.5, 0.6) is 11.5 Å². The van der Waals surface area contributed by atoms with E-state index in [4.69, 9.17) is 4.74 Å². The lowest BCUT2D eigenvalue weighted by molar-refractivity contribution is 0.472. The second-order valence-corrected chi connectivity index (χ2v) is 5.33. The zero-order valence-electron chi connectivity index (χ0n) is 9.91. The van der Waals surface area contributed by atoms with Crippen LogP contribution in [-0.2, 0) is 0 Å². The van der Waals surface area contributed by atoms with Crippen molar-refractivity contribution in [3.8, 4) is 11.5 Å². The highest BCUT2D eigenvalue weighted by atomic mass is 127. The molecule has 0 aliphatic carbocycles. The molecule has 1 radical (unpaired) electrons. The average molecular weight is 337 g/mol. The first kappa shape index (κ1) is 12.4. The molecule has 0 fully saturated rings. The van der Waals surface area contributed by atoms with Gasteiger partial charge >= 0.3 is 0 Å². The van der Waals surface area contributed by atoms with Gasteiger partial charge in [-0.2, -0.15) is 0 Å². The van der Waals surface area contributed by atoms with Gasteiger partial charge in [-0.25, -0.2) is 0 Å². The monoisotopic (exact) mass is 337 g/mol. The molecule has 0 amide bonds. The molecule has 2 heteroatoms. The van der Waals surface area contributed by atoms with E-state index in [0.717, 1.165) is 15.1 Å². The van der Waals surface area contributed by atoms with Crippen molar-refractivity contribution >= 4 is 22.6 Å². The normalized spacial score (nSPS) is 10.6. The summed E-state index contributed by atoms with van der Waals surface area (Å²) < 4.78 is 6.98. The number of ether oxygens (including phenoxy) is 1. The largest absolute Gasteiger partial charge is 0.457 e. The number of hydrogen-bond donors (Lipinski definition) is 0. The number of halogens is 1. The highest BCUT2D eigenvalue weighted by Crippen LogP contribution is 2.30. The summed E-state index contributed by atoms with van der Waals surface area (Å²) in [6, 6.07) is 17.1. The molecule has 0 bridgehead atoms. The molecule has 17 heavy (non-hydrogen) atoms. The van der Waals surface area contributed by atoms with E-state index in [1.807, 2.05) is 36.4 Å². The van der Waals surface area contributed by atoms with E-state index in [9.17, 15) is 0 Å². The number of para-hydroxylation sites is 1.